The third kappa shape index (κ3) is 9.57. The molecular weight excluding hydrogens is 221 g/mol. The highest BCUT2D eigenvalue weighted by molar-refractivity contribution is 5.79. The van der Waals surface area contributed by atoms with E-state index in [2.05, 4.69) is 15.7 Å². The van der Waals surface area contributed by atoms with Crippen LogP contribution in [0.5, 0.6) is 0 Å². The first-order chi connectivity index (χ1) is 7.49. The van der Waals surface area contributed by atoms with Crippen molar-refractivity contribution in [1.82, 2.24) is 10.7 Å². The highest BCUT2D eigenvalue weighted by atomic mass is 19.4. The van der Waals surface area contributed by atoms with Gasteiger partial charge in [0.25, 0.3) is 0 Å². The van der Waals surface area contributed by atoms with Crippen LogP contribution in [0.1, 0.15) is 32.6 Å². The zero-order chi connectivity index (χ0) is 12.4. The number of rotatable bonds is 6. The second-order valence-electron chi connectivity index (χ2n) is 3.37. The molecule has 0 radical (unpaired) electrons. The number of hydrogen-bond donors (Lipinski definition) is 3. The Labute approximate surface area is 93.5 Å². The fourth-order valence-corrected chi connectivity index (χ4v) is 1.03. The number of hydrogen-bond acceptors (Lipinski definition) is 2. The number of unbranched alkanes of at least 4 members (excludes halogenated alkanes) is 1. The Morgan fingerprint density at radius 1 is 1.31 bits per heavy atom. The van der Waals surface area contributed by atoms with Gasteiger partial charge >= 0.3 is 6.18 Å². The van der Waals surface area contributed by atoms with E-state index in [0.717, 1.165) is 6.42 Å². The minimum absolute atomic E-state index is 0.113. The fourth-order valence-electron chi connectivity index (χ4n) is 1.03. The van der Waals surface area contributed by atoms with Crippen molar-refractivity contribution in [3.8, 4) is 0 Å². The van der Waals surface area contributed by atoms with Crippen molar-refractivity contribution in [3.05, 3.63) is 0 Å². The smallest absolute Gasteiger partial charge is 0.355 e. The maximum atomic E-state index is 11.8. The van der Waals surface area contributed by atoms with Crippen molar-refractivity contribution in [3.63, 3.8) is 0 Å². The van der Waals surface area contributed by atoms with Gasteiger partial charge in [-0.3, -0.25) is 10.4 Å². The molecule has 0 rings (SSSR count). The van der Waals surface area contributed by atoms with E-state index in [1.54, 1.807) is 0 Å². The number of halogens is 3. The van der Waals surface area contributed by atoms with Crippen LogP contribution in [0.3, 0.4) is 0 Å². The van der Waals surface area contributed by atoms with Gasteiger partial charge < -0.3 is 5.32 Å². The highest BCUT2D eigenvalue weighted by Crippen LogP contribution is 2.21. The van der Waals surface area contributed by atoms with Crippen LogP contribution in [0.2, 0.25) is 0 Å². The Hall–Kier alpha value is -0.980. The van der Waals surface area contributed by atoms with Crippen LogP contribution in [0.25, 0.3) is 0 Å². The van der Waals surface area contributed by atoms with Crippen LogP contribution in [0.15, 0.2) is 4.99 Å². The summed E-state index contributed by atoms with van der Waals surface area (Å²) in [5.74, 6) is 5.60. The molecular formula is C9H19F3N4. The van der Waals surface area contributed by atoms with Crippen LogP contribution >= 0.6 is 0 Å². The Balaban J connectivity index is 3.56. The molecule has 0 atom stereocenters. The molecule has 0 amide bonds. The van der Waals surface area contributed by atoms with Crippen molar-refractivity contribution >= 4 is 5.96 Å². The quantitative estimate of drug-likeness (QED) is 0.217. The topological polar surface area (TPSA) is 62.4 Å². The fraction of sp³-hybridized carbons (Fsp3) is 0.889. The summed E-state index contributed by atoms with van der Waals surface area (Å²) in [5.41, 5.74) is 2.36. The lowest BCUT2D eigenvalue weighted by molar-refractivity contribution is -0.135. The van der Waals surface area contributed by atoms with Crippen molar-refractivity contribution in [1.29, 1.82) is 0 Å². The minimum atomic E-state index is -4.06. The molecule has 0 spiro atoms. The largest absolute Gasteiger partial charge is 0.389 e. The van der Waals surface area contributed by atoms with Gasteiger partial charge in [0.1, 0.15) is 0 Å². The van der Waals surface area contributed by atoms with Crippen molar-refractivity contribution < 1.29 is 13.2 Å². The van der Waals surface area contributed by atoms with E-state index < -0.39 is 12.6 Å². The van der Waals surface area contributed by atoms with Gasteiger partial charge in [-0.25, -0.2) is 5.84 Å². The van der Waals surface area contributed by atoms with E-state index in [4.69, 9.17) is 5.84 Å². The Bertz CT molecular complexity index is 203. The molecule has 0 aliphatic rings. The Kier molecular flexibility index (Phi) is 7.70. The first kappa shape index (κ1) is 15.0. The summed E-state index contributed by atoms with van der Waals surface area (Å²) in [6, 6.07) is 0. The summed E-state index contributed by atoms with van der Waals surface area (Å²) in [4.78, 5) is 4.05. The van der Waals surface area contributed by atoms with E-state index in [-0.39, 0.29) is 6.42 Å². The molecule has 96 valence electrons. The van der Waals surface area contributed by atoms with Gasteiger partial charge in [-0.05, 0) is 19.3 Å². The molecule has 7 heteroatoms. The van der Waals surface area contributed by atoms with E-state index in [1.165, 1.54) is 0 Å². The van der Waals surface area contributed by atoms with Gasteiger partial charge in [-0.1, -0.05) is 6.92 Å². The van der Waals surface area contributed by atoms with Crippen LogP contribution in [0, 0.1) is 0 Å². The number of guanidine groups is 1. The zero-order valence-corrected chi connectivity index (χ0v) is 9.40. The van der Waals surface area contributed by atoms with Gasteiger partial charge in [-0.15, -0.1) is 0 Å². The van der Waals surface area contributed by atoms with E-state index in [1.807, 2.05) is 6.92 Å². The van der Waals surface area contributed by atoms with E-state index in [9.17, 15) is 13.2 Å². The summed E-state index contributed by atoms with van der Waals surface area (Å²) in [7, 11) is 0. The van der Waals surface area contributed by atoms with Crippen LogP contribution in [0.4, 0.5) is 13.2 Å². The third-order valence-electron chi connectivity index (χ3n) is 1.81. The maximum Gasteiger partial charge on any atom is 0.389 e. The predicted octanol–water partition coefficient (Wildman–Crippen LogP) is 1.54. The van der Waals surface area contributed by atoms with Crippen LogP contribution in [-0.2, 0) is 0 Å². The van der Waals surface area contributed by atoms with E-state index in [0.29, 0.717) is 25.5 Å². The minimum Gasteiger partial charge on any atom is -0.355 e. The van der Waals surface area contributed by atoms with Gasteiger partial charge in [0.15, 0.2) is 0 Å². The molecule has 0 aromatic rings. The number of aliphatic imine (C=N–C) groups is 1. The third-order valence-corrected chi connectivity index (χ3v) is 1.81. The number of nitrogens with two attached hydrogens (primary N) is 1. The monoisotopic (exact) mass is 240 g/mol. The molecule has 0 aliphatic carbocycles. The molecule has 0 heterocycles. The highest BCUT2D eigenvalue weighted by Gasteiger charge is 2.25. The molecule has 0 fully saturated rings. The number of nitrogens with one attached hydrogen (secondary N) is 2. The van der Waals surface area contributed by atoms with Crippen molar-refractivity contribution in [2.45, 2.75) is 38.8 Å². The zero-order valence-electron chi connectivity index (χ0n) is 9.40. The van der Waals surface area contributed by atoms with Crippen LogP contribution in [-0.4, -0.2) is 25.2 Å². The first-order valence-electron chi connectivity index (χ1n) is 5.31. The second-order valence-corrected chi connectivity index (χ2v) is 3.37. The second kappa shape index (κ2) is 8.20. The molecule has 0 bridgehead atoms. The lowest BCUT2D eigenvalue weighted by Crippen LogP contribution is -2.42. The first-order valence-corrected chi connectivity index (χ1v) is 5.31. The molecule has 16 heavy (non-hydrogen) atoms. The normalized spacial score (nSPS) is 12.7. The van der Waals surface area contributed by atoms with Gasteiger partial charge in [0, 0.05) is 19.5 Å². The maximum absolute atomic E-state index is 11.8. The molecule has 0 aliphatic heterocycles. The molecule has 0 aromatic carbocycles. The number of alkyl halides is 3. The lowest BCUT2D eigenvalue weighted by atomic mass is 10.2. The summed E-state index contributed by atoms with van der Waals surface area (Å²) < 4.78 is 35.4. The average Bonchev–Trinajstić information content (AvgIpc) is 2.20. The van der Waals surface area contributed by atoms with Crippen molar-refractivity contribution in [2.75, 3.05) is 13.1 Å². The lowest BCUT2D eigenvalue weighted by Gasteiger charge is -2.09. The Morgan fingerprint density at radius 2 is 2.00 bits per heavy atom. The number of nitrogens with zero attached hydrogens (tertiary/aromatic N) is 1. The molecule has 0 aromatic heterocycles. The SMILES string of the molecule is CCCN=C(NN)NCCCCC(F)(F)F. The molecule has 0 saturated heterocycles. The van der Waals surface area contributed by atoms with Crippen LogP contribution < -0.4 is 16.6 Å². The number of hydrazine groups is 1. The summed E-state index contributed by atoms with van der Waals surface area (Å²) in [6.07, 6.45) is -3.37. The van der Waals surface area contributed by atoms with E-state index >= 15 is 0 Å². The summed E-state index contributed by atoms with van der Waals surface area (Å²) >= 11 is 0. The summed E-state index contributed by atoms with van der Waals surface area (Å²) in [5, 5.41) is 2.84. The van der Waals surface area contributed by atoms with Crippen molar-refractivity contribution in [2.24, 2.45) is 10.8 Å². The predicted molar refractivity (Wildman–Crippen MR) is 57.8 cm³/mol. The molecule has 0 saturated carbocycles. The molecule has 4 nitrogen and oxygen atoms in total. The van der Waals surface area contributed by atoms with Gasteiger partial charge in [0.05, 0.1) is 0 Å². The van der Waals surface area contributed by atoms with Gasteiger partial charge in [-0.2, -0.15) is 13.2 Å². The average molecular weight is 240 g/mol. The Morgan fingerprint density at radius 3 is 2.50 bits per heavy atom. The summed E-state index contributed by atoms with van der Waals surface area (Å²) in [6.45, 7) is 3.04. The molecule has 0 unspecified atom stereocenters. The van der Waals surface area contributed by atoms with Gasteiger partial charge in [0.2, 0.25) is 5.96 Å². The molecule has 4 N–H and O–H groups in total. The standard InChI is InChI=1S/C9H19F3N4/c1-2-6-14-8(16-13)15-7-4-3-5-9(10,11)12/h2-7,13H2,1H3,(H2,14,15,16).